The highest BCUT2D eigenvalue weighted by Gasteiger charge is 2.24. The summed E-state index contributed by atoms with van der Waals surface area (Å²) in [5, 5.41) is 1.13. The van der Waals surface area contributed by atoms with Crippen LogP contribution in [0.5, 0.6) is 0 Å². The number of benzene rings is 2. The van der Waals surface area contributed by atoms with Gasteiger partial charge < -0.3 is 14.8 Å². The van der Waals surface area contributed by atoms with Crippen LogP contribution in [0.3, 0.4) is 0 Å². The van der Waals surface area contributed by atoms with Crippen molar-refractivity contribution in [3.8, 4) is 0 Å². The second kappa shape index (κ2) is 9.82. The van der Waals surface area contributed by atoms with Crippen LogP contribution in [-0.4, -0.2) is 46.7 Å². The lowest BCUT2D eigenvalue weighted by Crippen LogP contribution is -2.39. The lowest BCUT2D eigenvalue weighted by molar-refractivity contribution is -0.133. The van der Waals surface area contributed by atoms with Gasteiger partial charge in [0.2, 0.25) is 11.8 Å². The van der Waals surface area contributed by atoms with Crippen LogP contribution >= 0.6 is 0 Å². The number of aromatic nitrogens is 1. The zero-order valence-corrected chi connectivity index (χ0v) is 18.2. The van der Waals surface area contributed by atoms with Gasteiger partial charge >= 0.3 is 0 Å². The van der Waals surface area contributed by atoms with E-state index < -0.39 is 0 Å². The number of H-pyrrole nitrogens is 1. The first-order valence-corrected chi connectivity index (χ1v) is 11.2. The number of carbonyl (C=O) groups is 2. The first-order valence-electron chi connectivity index (χ1n) is 11.2. The van der Waals surface area contributed by atoms with Crippen molar-refractivity contribution < 1.29 is 9.59 Å². The largest absolute Gasteiger partial charge is 0.361 e. The molecule has 0 unspecified atom stereocenters. The number of para-hydroxylation sites is 1. The van der Waals surface area contributed by atoms with Gasteiger partial charge in [0.15, 0.2) is 0 Å². The number of fused-ring (bicyclic) bond motifs is 1. The maximum Gasteiger partial charge on any atom is 0.227 e. The molecule has 1 aliphatic heterocycles. The fraction of sp³-hybridized carbons (Fsp3) is 0.385. The molecule has 1 aliphatic rings. The second-order valence-electron chi connectivity index (χ2n) is 8.63. The number of nitrogens with one attached hydrogen (secondary N) is 1. The molecular formula is C26H31N3O2. The van der Waals surface area contributed by atoms with E-state index >= 15 is 0 Å². The van der Waals surface area contributed by atoms with Crippen molar-refractivity contribution >= 4 is 22.7 Å². The Balaban J connectivity index is 1.20. The SMILES string of the molecule is CN(Cc1ccccc1)C(=O)CCC1CCN(C(=O)Cc2c[nH]c3ccccc23)CC1. The van der Waals surface area contributed by atoms with Crippen LogP contribution in [0.15, 0.2) is 60.8 Å². The second-order valence-corrected chi connectivity index (χ2v) is 8.63. The third kappa shape index (κ3) is 5.35. The summed E-state index contributed by atoms with van der Waals surface area (Å²) < 4.78 is 0. The highest BCUT2D eigenvalue weighted by molar-refractivity contribution is 5.88. The van der Waals surface area contributed by atoms with Gasteiger partial charge in [-0.25, -0.2) is 0 Å². The number of carbonyl (C=O) groups excluding carboxylic acids is 2. The Hall–Kier alpha value is -3.08. The molecule has 1 N–H and O–H groups in total. The van der Waals surface area contributed by atoms with Crippen molar-refractivity contribution in [2.75, 3.05) is 20.1 Å². The minimum atomic E-state index is 0.196. The summed E-state index contributed by atoms with van der Waals surface area (Å²) in [6.45, 7) is 2.24. The zero-order chi connectivity index (χ0) is 21.6. The lowest BCUT2D eigenvalue weighted by atomic mass is 9.91. The van der Waals surface area contributed by atoms with E-state index in [1.54, 1.807) is 0 Å². The first kappa shape index (κ1) is 21.2. The van der Waals surface area contributed by atoms with Crippen LogP contribution in [0.4, 0.5) is 0 Å². The maximum absolute atomic E-state index is 12.8. The van der Waals surface area contributed by atoms with Crippen LogP contribution < -0.4 is 0 Å². The molecule has 1 fully saturated rings. The van der Waals surface area contributed by atoms with Crippen LogP contribution in [0.2, 0.25) is 0 Å². The Morgan fingerprint density at radius 1 is 1.03 bits per heavy atom. The number of aromatic amines is 1. The van der Waals surface area contributed by atoms with Crippen molar-refractivity contribution in [1.29, 1.82) is 0 Å². The average Bonchev–Trinajstić information content (AvgIpc) is 3.21. The Kier molecular flexibility index (Phi) is 6.70. The van der Waals surface area contributed by atoms with Gasteiger partial charge in [-0.2, -0.15) is 0 Å². The molecule has 5 nitrogen and oxygen atoms in total. The van der Waals surface area contributed by atoms with Crippen molar-refractivity contribution in [3.05, 3.63) is 71.9 Å². The van der Waals surface area contributed by atoms with Crippen molar-refractivity contribution in [1.82, 2.24) is 14.8 Å². The Morgan fingerprint density at radius 2 is 1.74 bits per heavy atom. The fourth-order valence-corrected chi connectivity index (χ4v) is 4.49. The summed E-state index contributed by atoms with van der Waals surface area (Å²) in [5.74, 6) is 0.912. The van der Waals surface area contributed by atoms with Gasteiger partial charge in [-0.15, -0.1) is 0 Å². The van der Waals surface area contributed by atoms with Gasteiger partial charge in [0.1, 0.15) is 0 Å². The van der Waals surface area contributed by atoms with E-state index in [4.69, 9.17) is 0 Å². The summed E-state index contributed by atoms with van der Waals surface area (Å²) in [6, 6.07) is 18.2. The maximum atomic E-state index is 12.8. The van der Waals surface area contributed by atoms with E-state index in [2.05, 4.69) is 11.1 Å². The van der Waals surface area contributed by atoms with Gasteiger partial charge in [-0.05, 0) is 42.4 Å². The summed E-state index contributed by atoms with van der Waals surface area (Å²) in [5.41, 5.74) is 3.29. The number of nitrogens with zero attached hydrogens (tertiary/aromatic N) is 2. The summed E-state index contributed by atoms with van der Waals surface area (Å²) in [6.07, 6.45) is 5.84. The monoisotopic (exact) mass is 417 g/mol. The third-order valence-corrected chi connectivity index (χ3v) is 6.44. The van der Waals surface area contributed by atoms with E-state index in [1.807, 2.05) is 71.6 Å². The lowest BCUT2D eigenvalue weighted by Gasteiger charge is -2.32. The molecule has 2 heterocycles. The molecule has 1 saturated heterocycles. The van der Waals surface area contributed by atoms with E-state index in [0.717, 1.165) is 54.4 Å². The summed E-state index contributed by atoms with van der Waals surface area (Å²) in [4.78, 5) is 32.4. The van der Waals surface area contributed by atoms with Crippen molar-refractivity contribution in [2.45, 2.75) is 38.6 Å². The molecule has 0 aliphatic carbocycles. The third-order valence-electron chi connectivity index (χ3n) is 6.44. The van der Waals surface area contributed by atoms with Gasteiger partial charge in [0.25, 0.3) is 0 Å². The molecule has 3 aromatic rings. The van der Waals surface area contributed by atoms with Crippen LogP contribution in [0.1, 0.15) is 36.8 Å². The Bertz CT molecular complexity index is 1020. The number of likely N-dealkylation sites (tertiary alicyclic amines) is 1. The van der Waals surface area contributed by atoms with Crippen LogP contribution in [-0.2, 0) is 22.6 Å². The average molecular weight is 418 g/mol. The summed E-state index contributed by atoms with van der Waals surface area (Å²) in [7, 11) is 1.88. The molecule has 0 saturated carbocycles. The molecule has 2 amide bonds. The molecule has 4 rings (SSSR count). The highest BCUT2D eigenvalue weighted by atomic mass is 16.2. The van der Waals surface area contributed by atoms with Crippen molar-refractivity contribution in [2.24, 2.45) is 5.92 Å². The van der Waals surface area contributed by atoms with E-state index in [0.29, 0.717) is 25.3 Å². The molecule has 0 atom stereocenters. The molecule has 0 bridgehead atoms. The molecule has 5 heteroatoms. The molecule has 31 heavy (non-hydrogen) atoms. The summed E-state index contributed by atoms with van der Waals surface area (Å²) >= 11 is 0. The molecule has 0 spiro atoms. The number of rotatable bonds is 7. The normalized spacial score (nSPS) is 14.7. The Labute approximate surface area is 184 Å². The van der Waals surface area contributed by atoms with Crippen LogP contribution in [0, 0.1) is 5.92 Å². The molecular weight excluding hydrogens is 386 g/mol. The minimum absolute atomic E-state index is 0.196. The van der Waals surface area contributed by atoms with E-state index in [9.17, 15) is 9.59 Å². The van der Waals surface area contributed by atoms with E-state index in [1.165, 1.54) is 0 Å². The Morgan fingerprint density at radius 3 is 2.52 bits per heavy atom. The number of amides is 2. The molecule has 162 valence electrons. The van der Waals surface area contributed by atoms with Gasteiger partial charge in [0.05, 0.1) is 6.42 Å². The van der Waals surface area contributed by atoms with E-state index in [-0.39, 0.29) is 11.8 Å². The number of hydrogen-bond acceptors (Lipinski definition) is 2. The number of piperidine rings is 1. The smallest absolute Gasteiger partial charge is 0.227 e. The molecule has 2 aromatic carbocycles. The standard InChI is InChI=1S/C26H31N3O2/c1-28(19-21-7-3-2-4-8-21)25(30)12-11-20-13-15-29(16-14-20)26(31)17-22-18-27-24-10-6-5-9-23(22)24/h2-10,18,20,27H,11-17,19H2,1H3. The minimum Gasteiger partial charge on any atom is -0.361 e. The van der Waals surface area contributed by atoms with Crippen molar-refractivity contribution in [3.63, 3.8) is 0 Å². The predicted octanol–water partition coefficient (Wildman–Crippen LogP) is 4.39. The first-order chi connectivity index (χ1) is 15.1. The molecule has 0 radical (unpaired) electrons. The van der Waals surface area contributed by atoms with Crippen LogP contribution in [0.25, 0.3) is 10.9 Å². The zero-order valence-electron chi connectivity index (χ0n) is 18.2. The highest BCUT2D eigenvalue weighted by Crippen LogP contribution is 2.24. The van der Waals surface area contributed by atoms with Gasteiger partial charge in [-0.3, -0.25) is 9.59 Å². The number of hydrogen-bond donors (Lipinski definition) is 1. The molecule has 1 aromatic heterocycles. The van der Waals surface area contributed by atoms with Gasteiger partial charge in [-0.1, -0.05) is 48.5 Å². The predicted molar refractivity (Wildman–Crippen MR) is 123 cm³/mol. The van der Waals surface area contributed by atoms with Gasteiger partial charge in [0, 0.05) is 50.2 Å². The fourth-order valence-electron chi connectivity index (χ4n) is 4.49. The topological polar surface area (TPSA) is 56.4 Å². The quantitative estimate of drug-likeness (QED) is 0.620.